The molecule has 0 aromatic rings. The highest BCUT2D eigenvalue weighted by Gasteiger charge is 2.21. The number of piperidine rings is 1. The molecule has 0 aromatic carbocycles. The molecule has 1 N–H and O–H groups in total. The van der Waals surface area contributed by atoms with E-state index in [1.54, 1.807) is 0 Å². The molecule has 1 rings (SSSR count). The molecular weight excluding hydrogens is 184 g/mol. The maximum atomic E-state index is 3.65. The van der Waals surface area contributed by atoms with E-state index in [-0.39, 0.29) is 0 Å². The summed E-state index contributed by atoms with van der Waals surface area (Å²) in [4.78, 5) is 2.50. The first kappa shape index (κ1) is 13.0. The van der Waals surface area contributed by atoms with Crippen molar-refractivity contribution in [1.82, 2.24) is 10.2 Å². The van der Waals surface area contributed by atoms with Crippen LogP contribution in [-0.2, 0) is 0 Å². The highest BCUT2D eigenvalue weighted by atomic mass is 15.1. The van der Waals surface area contributed by atoms with Crippen LogP contribution < -0.4 is 5.32 Å². The van der Waals surface area contributed by atoms with Gasteiger partial charge in [0, 0.05) is 12.6 Å². The van der Waals surface area contributed by atoms with Crippen molar-refractivity contribution in [3.8, 4) is 0 Å². The van der Waals surface area contributed by atoms with Gasteiger partial charge < -0.3 is 10.2 Å². The number of hydrogen-bond acceptors (Lipinski definition) is 2. The van der Waals surface area contributed by atoms with E-state index >= 15 is 0 Å². The fourth-order valence-electron chi connectivity index (χ4n) is 2.42. The van der Waals surface area contributed by atoms with Crippen molar-refractivity contribution in [2.24, 2.45) is 5.92 Å². The van der Waals surface area contributed by atoms with Gasteiger partial charge in [0.15, 0.2) is 0 Å². The van der Waals surface area contributed by atoms with Gasteiger partial charge in [-0.2, -0.15) is 0 Å². The van der Waals surface area contributed by atoms with Gasteiger partial charge in [-0.25, -0.2) is 0 Å². The quantitative estimate of drug-likeness (QED) is 0.681. The summed E-state index contributed by atoms with van der Waals surface area (Å²) in [6.45, 7) is 8.36. The highest BCUT2D eigenvalue weighted by Crippen LogP contribution is 2.16. The lowest BCUT2D eigenvalue weighted by Gasteiger charge is -2.33. The van der Waals surface area contributed by atoms with E-state index in [2.05, 4.69) is 31.1 Å². The summed E-state index contributed by atoms with van der Waals surface area (Å²) in [5, 5.41) is 3.65. The first-order chi connectivity index (χ1) is 7.24. The van der Waals surface area contributed by atoms with E-state index in [0.717, 1.165) is 12.0 Å². The largest absolute Gasteiger partial charge is 0.312 e. The molecule has 0 amide bonds. The Hall–Kier alpha value is -0.0800. The Morgan fingerprint density at radius 1 is 1.33 bits per heavy atom. The van der Waals surface area contributed by atoms with Crippen LogP contribution in [-0.4, -0.2) is 37.6 Å². The molecular formula is C13H28N2. The molecule has 2 atom stereocenters. The minimum absolute atomic E-state index is 0.727. The topological polar surface area (TPSA) is 15.3 Å². The van der Waals surface area contributed by atoms with Crippen LogP contribution in [0.15, 0.2) is 0 Å². The summed E-state index contributed by atoms with van der Waals surface area (Å²) >= 11 is 0. The minimum atomic E-state index is 0.727. The Labute approximate surface area is 95.4 Å². The highest BCUT2D eigenvalue weighted by molar-refractivity contribution is 4.80. The van der Waals surface area contributed by atoms with Gasteiger partial charge in [-0.3, -0.25) is 0 Å². The zero-order chi connectivity index (χ0) is 11.1. The predicted molar refractivity (Wildman–Crippen MR) is 67.2 cm³/mol. The first-order valence-electron chi connectivity index (χ1n) is 6.66. The van der Waals surface area contributed by atoms with Crippen molar-refractivity contribution in [1.29, 1.82) is 0 Å². The van der Waals surface area contributed by atoms with Gasteiger partial charge in [0.1, 0.15) is 0 Å². The van der Waals surface area contributed by atoms with E-state index in [4.69, 9.17) is 0 Å². The van der Waals surface area contributed by atoms with E-state index in [1.807, 2.05) is 0 Å². The van der Waals surface area contributed by atoms with Gasteiger partial charge in [0.05, 0.1) is 0 Å². The molecule has 1 aliphatic heterocycles. The Morgan fingerprint density at radius 3 is 2.80 bits per heavy atom. The second kappa shape index (κ2) is 7.24. The smallest absolute Gasteiger partial charge is 0.0220 e. The Kier molecular flexibility index (Phi) is 6.26. The molecule has 0 aromatic heterocycles. The zero-order valence-corrected chi connectivity index (χ0v) is 10.8. The molecule has 0 spiro atoms. The molecule has 0 radical (unpaired) electrons. The minimum Gasteiger partial charge on any atom is -0.312 e. The number of likely N-dealkylation sites (N-methyl/N-ethyl adjacent to an activating group) is 1. The molecule has 1 heterocycles. The van der Waals surface area contributed by atoms with Gasteiger partial charge in [0.25, 0.3) is 0 Å². The van der Waals surface area contributed by atoms with Gasteiger partial charge in [-0.1, -0.05) is 26.7 Å². The van der Waals surface area contributed by atoms with Crippen molar-refractivity contribution >= 4 is 0 Å². The van der Waals surface area contributed by atoms with Crippen molar-refractivity contribution in [3.63, 3.8) is 0 Å². The zero-order valence-electron chi connectivity index (χ0n) is 10.8. The van der Waals surface area contributed by atoms with Gasteiger partial charge in [0.2, 0.25) is 0 Å². The van der Waals surface area contributed by atoms with E-state index in [1.165, 1.54) is 51.7 Å². The lowest BCUT2D eigenvalue weighted by atomic mass is 9.92. The van der Waals surface area contributed by atoms with Crippen molar-refractivity contribution in [3.05, 3.63) is 0 Å². The van der Waals surface area contributed by atoms with Crippen LogP contribution in [0.2, 0.25) is 0 Å². The maximum Gasteiger partial charge on any atom is 0.0220 e. The van der Waals surface area contributed by atoms with E-state index in [9.17, 15) is 0 Å². The second-order valence-corrected chi connectivity index (χ2v) is 5.15. The van der Waals surface area contributed by atoms with E-state index < -0.39 is 0 Å². The van der Waals surface area contributed by atoms with Crippen LogP contribution in [0.3, 0.4) is 0 Å². The Morgan fingerprint density at radius 2 is 2.13 bits per heavy atom. The SMILES string of the molecule is CCCCCN(C)CC1NCCCC1C. The first-order valence-corrected chi connectivity index (χ1v) is 6.66. The number of hydrogen-bond donors (Lipinski definition) is 1. The third kappa shape index (κ3) is 4.98. The molecule has 0 bridgehead atoms. The monoisotopic (exact) mass is 212 g/mol. The normalized spacial score (nSPS) is 27.2. The lowest BCUT2D eigenvalue weighted by molar-refractivity contribution is 0.214. The molecule has 90 valence electrons. The van der Waals surface area contributed by atoms with Crippen molar-refractivity contribution in [2.75, 3.05) is 26.7 Å². The maximum absolute atomic E-state index is 3.65. The second-order valence-electron chi connectivity index (χ2n) is 5.15. The molecule has 1 saturated heterocycles. The van der Waals surface area contributed by atoms with E-state index in [0.29, 0.717) is 0 Å². The fraction of sp³-hybridized carbons (Fsp3) is 1.00. The van der Waals surface area contributed by atoms with Gasteiger partial charge in [-0.15, -0.1) is 0 Å². The van der Waals surface area contributed by atoms with Crippen molar-refractivity contribution in [2.45, 2.75) is 52.0 Å². The van der Waals surface area contributed by atoms with Crippen molar-refractivity contribution < 1.29 is 0 Å². The van der Waals surface area contributed by atoms with Crippen LogP contribution in [0.25, 0.3) is 0 Å². The van der Waals surface area contributed by atoms with Crippen LogP contribution in [0.4, 0.5) is 0 Å². The fourth-order valence-corrected chi connectivity index (χ4v) is 2.42. The molecule has 1 aliphatic rings. The van der Waals surface area contributed by atoms with Crippen LogP contribution in [0, 0.1) is 5.92 Å². The van der Waals surface area contributed by atoms with Crippen LogP contribution >= 0.6 is 0 Å². The third-order valence-electron chi connectivity index (χ3n) is 3.58. The van der Waals surface area contributed by atoms with Gasteiger partial charge in [-0.05, 0) is 45.3 Å². The molecule has 2 nitrogen and oxygen atoms in total. The predicted octanol–water partition coefficient (Wildman–Crippen LogP) is 2.50. The molecule has 2 heteroatoms. The molecule has 1 fully saturated rings. The average Bonchev–Trinajstić information content (AvgIpc) is 2.22. The molecule has 0 aliphatic carbocycles. The summed E-state index contributed by atoms with van der Waals surface area (Å²) in [5.74, 6) is 0.854. The molecule has 2 unspecified atom stereocenters. The average molecular weight is 212 g/mol. The van der Waals surface area contributed by atoms with Gasteiger partial charge >= 0.3 is 0 Å². The Balaban J connectivity index is 2.15. The number of unbranched alkanes of at least 4 members (excludes halogenated alkanes) is 2. The molecule has 0 saturated carbocycles. The number of nitrogens with one attached hydrogen (secondary N) is 1. The summed E-state index contributed by atoms with van der Waals surface area (Å²) in [6.07, 6.45) is 6.82. The van der Waals surface area contributed by atoms with Crippen LogP contribution in [0.5, 0.6) is 0 Å². The lowest BCUT2D eigenvalue weighted by Crippen LogP contribution is -2.47. The number of nitrogens with zero attached hydrogens (tertiary/aromatic N) is 1. The number of rotatable bonds is 6. The summed E-state index contributed by atoms with van der Waals surface area (Å²) in [6, 6.07) is 0.727. The summed E-state index contributed by atoms with van der Waals surface area (Å²) in [7, 11) is 2.26. The standard InChI is InChI=1S/C13H28N2/c1-4-5-6-10-15(3)11-13-12(2)8-7-9-14-13/h12-14H,4-11H2,1-3H3. The molecule has 15 heavy (non-hydrogen) atoms. The third-order valence-corrected chi connectivity index (χ3v) is 3.58. The Bertz CT molecular complexity index is 159. The summed E-state index contributed by atoms with van der Waals surface area (Å²) in [5.41, 5.74) is 0. The van der Waals surface area contributed by atoms with Crippen LogP contribution in [0.1, 0.15) is 46.0 Å². The summed E-state index contributed by atoms with van der Waals surface area (Å²) < 4.78 is 0.